The molecule has 0 spiro atoms. The van der Waals surface area contributed by atoms with E-state index in [0.717, 1.165) is 34.4 Å². The van der Waals surface area contributed by atoms with E-state index in [1.165, 1.54) is 0 Å². The van der Waals surface area contributed by atoms with E-state index in [0.29, 0.717) is 6.54 Å². The van der Waals surface area contributed by atoms with Crippen molar-refractivity contribution in [3.63, 3.8) is 0 Å². The minimum atomic E-state index is -0.265. The van der Waals surface area contributed by atoms with Gasteiger partial charge < -0.3 is 15.5 Å². The van der Waals surface area contributed by atoms with Gasteiger partial charge in [0.05, 0.1) is 12.3 Å². The molecule has 2 heterocycles. The maximum absolute atomic E-state index is 11.8. The Labute approximate surface area is 111 Å². The number of nitrogens with one attached hydrogen (secondary N) is 1. The lowest BCUT2D eigenvalue weighted by atomic mass is 9.93. The molecule has 0 saturated heterocycles. The summed E-state index contributed by atoms with van der Waals surface area (Å²) in [5.41, 5.74) is 9.96. The zero-order valence-electron chi connectivity index (χ0n) is 10.8. The normalized spacial score (nSPS) is 15.8. The Morgan fingerprint density at radius 3 is 2.95 bits per heavy atom. The van der Waals surface area contributed by atoms with Gasteiger partial charge in [0.1, 0.15) is 5.76 Å². The van der Waals surface area contributed by atoms with Crippen LogP contribution in [-0.2, 0) is 6.42 Å². The number of carbonyl (C=O) groups excluding carboxylic acids is 1. The van der Waals surface area contributed by atoms with Crippen LogP contribution in [0.2, 0.25) is 0 Å². The fourth-order valence-corrected chi connectivity index (χ4v) is 2.52. The zero-order valence-corrected chi connectivity index (χ0v) is 10.8. The van der Waals surface area contributed by atoms with E-state index in [-0.39, 0.29) is 11.9 Å². The monoisotopic (exact) mass is 256 g/mol. The first-order valence-electron chi connectivity index (χ1n) is 6.37. The summed E-state index contributed by atoms with van der Waals surface area (Å²) in [5.74, 6) is 0.800. The number of nitrogens with two attached hydrogens (primary N) is 1. The predicted molar refractivity (Wildman–Crippen MR) is 72.0 cm³/mol. The number of hydrogen-bond donors (Lipinski definition) is 2. The van der Waals surface area contributed by atoms with Crippen molar-refractivity contribution in [2.75, 3.05) is 6.54 Å². The minimum Gasteiger partial charge on any atom is -0.469 e. The largest absolute Gasteiger partial charge is 0.469 e. The van der Waals surface area contributed by atoms with Crippen LogP contribution in [0.25, 0.3) is 0 Å². The van der Waals surface area contributed by atoms with Gasteiger partial charge in [-0.3, -0.25) is 4.79 Å². The summed E-state index contributed by atoms with van der Waals surface area (Å²) < 4.78 is 5.28. The van der Waals surface area contributed by atoms with Gasteiger partial charge in [-0.05, 0) is 36.6 Å². The lowest BCUT2D eigenvalue weighted by Gasteiger charge is -2.19. The molecule has 1 aliphatic heterocycles. The van der Waals surface area contributed by atoms with Crippen LogP contribution in [0.15, 0.2) is 34.9 Å². The van der Waals surface area contributed by atoms with Crippen molar-refractivity contribution < 1.29 is 9.21 Å². The molecule has 0 fully saturated rings. The Morgan fingerprint density at radius 1 is 1.37 bits per heavy atom. The van der Waals surface area contributed by atoms with Gasteiger partial charge in [0.15, 0.2) is 0 Å². The zero-order chi connectivity index (χ0) is 13.4. The number of rotatable bonds is 2. The smallest absolute Gasteiger partial charge is 0.251 e. The predicted octanol–water partition coefficient (Wildman–Crippen LogP) is 1.92. The highest BCUT2D eigenvalue weighted by atomic mass is 16.3. The maximum atomic E-state index is 11.8. The SMILES string of the molecule is Cc1occc1C(N)c1ccc2c(c1)C(=O)NCC2. The van der Waals surface area contributed by atoms with Gasteiger partial charge in [-0.15, -0.1) is 0 Å². The van der Waals surface area contributed by atoms with Gasteiger partial charge in [0, 0.05) is 17.7 Å². The van der Waals surface area contributed by atoms with Crippen molar-refractivity contribution in [3.8, 4) is 0 Å². The molecule has 1 aromatic heterocycles. The van der Waals surface area contributed by atoms with Gasteiger partial charge in [0.25, 0.3) is 5.91 Å². The molecule has 4 nitrogen and oxygen atoms in total. The number of furan rings is 1. The van der Waals surface area contributed by atoms with Crippen molar-refractivity contribution in [3.05, 3.63) is 58.5 Å². The second kappa shape index (κ2) is 4.55. The average molecular weight is 256 g/mol. The maximum Gasteiger partial charge on any atom is 0.251 e. The van der Waals surface area contributed by atoms with Crippen molar-refractivity contribution in [2.45, 2.75) is 19.4 Å². The molecule has 1 amide bonds. The Kier molecular flexibility index (Phi) is 2.87. The summed E-state index contributed by atoms with van der Waals surface area (Å²) in [4.78, 5) is 11.8. The van der Waals surface area contributed by atoms with Crippen molar-refractivity contribution in [1.29, 1.82) is 0 Å². The fraction of sp³-hybridized carbons (Fsp3) is 0.267. The van der Waals surface area contributed by atoms with Gasteiger partial charge in [-0.2, -0.15) is 0 Å². The first kappa shape index (κ1) is 12.0. The van der Waals surface area contributed by atoms with Gasteiger partial charge in [0.2, 0.25) is 0 Å². The van der Waals surface area contributed by atoms with Crippen LogP contribution in [0.5, 0.6) is 0 Å². The molecule has 19 heavy (non-hydrogen) atoms. The Hall–Kier alpha value is -2.07. The topological polar surface area (TPSA) is 68.3 Å². The van der Waals surface area contributed by atoms with E-state index in [1.807, 2.05) is 31.2 Å². The number of fused-ring (bicyclic) bond motifs is 1. The molecule has 0 saturated carbocycles. The number of carbonyl (C=O) groups is 1. The summed E-state index contributed by atoms with van der Waals surface area (Å²) in [6.45, 7) is 2.60. The first-order chi connectivity index (χ1) is 9.16. The Balaban J connectivity index is 2.00. The molecule has 1 unspecified atom stereocenters. The summed E-state index contributed by atoms with van der Waals surface area (Å²) in [6, 6.07) is 7.49. The number of aryl methyl sites for hydroxylation is 1. The minimum absolute atomic E-state index is 0.0146. The number of hydrogen-bond acceptors (Lipinski definition) is 3. The highest BCUT2D eigenvalue weighted by molar-refractivity contribution is 5.96. The third kappa shape index (κ3) is 2.04. The molecule has 0 aliphatic carbocycles. The van der Waals surface area contributed by atoms with Crippen LogP contribution in [0, 0.1) is 6.92 Å². The molecule has 4 heteroatoms. The lowest BCUT2D eigenvalue weighted by molar-refractivity contribution is 0.0946. The highest BCUT2D eigenvalue weighted by Crippen LogP contribution is 2.26. The van der Waals surface area contributed by atoms with Crippen LogP contribution < -0.4 is 11.1 Å². The molecule has 1 aromatic carbocycles. The van der Waals surface area contributed by atoms with Crippen molar-refractivity contribution in [2.24, 2.45) is 5.73 Å². The van der Waals surface area contributed by atoms with Gasteiger partial charge in [-0.1, -0.05) is 12.1 Å². The fourth-order valence-electron chi connectivity index (χ4n) is 2.52. The Morgan fingerprint density at radius 2 is 2.21 bits per heavy atom. The molecule has 2 aromatic rings. The van der Waals surface area contributed by atoms with E-state index in [4.69, 9.17) is 10.2 Å². The third-order valence-corrected chi connectivity index (χ3v) is 3.65. The number of benzene rings is 1. The second-order valence-electron chi connectivity index (χ2n) is 4.83. The molecule has 0 radical (unpaired) electrons. The lowest BCUT2D eigenvalue weighted by Crippen LogP contribution is -2.32. The molecule has 3 N–H and O–H groups in total. The molecule has 98 valence electrons. The van der Waals surface area contributed by atoms with Crippen LogP contribution >= 0.6 is 0 Å². The third-order valence-electron chi connectivity index (χ3n) is 3.65. The van der Waals surface area contributed by atoms with Crippen LogP contribution in [-0.4, -0.2) is 12.5 Å². The second-order valence-corrected chi connectivity index (χ2v) is 4.83. The van der Waals surface area contributed by atoms with Crippen molar-refractivity contribution >= 4 is 5.91 Å². The Bertz CT molecular complexity index is 631. The first-order valence-corrected chi connectivity index (χ1v) is 6.37. The van der Waals surface area contributed by atoms with Crippen LogP contribution in [0.1, 0.15) is 38.9 Å². The molecule has 0 bridgehead atoms. The summed E-state index contributed by atoms with van der Waals surface area (Å²) in [7, 11) is 0. The van der Waals surface area contributed by atoms with Crippen molar-refractivity contribution in [1.82, 2.24) is 5.32 Å². The van der Waals surface area contributed by atoms with Crippen LogP contribution in [0.4, 0.5) is 0 Å². The standard InChI is InChI=1S/C15H16N2O2/c1-9-12(5-7-19-9)14(16)11-3-2-10-4-6-17-15(18)13(10)8-11/h2-3,5,7-8,14H,4,6,16H2,1H3,(H,17,18). The molecule has 3 rings (SSSR count). The molecule has 1 atom stereocenters. The molecule has 1 aliphatic rings. The van der Waals surface area contributed by atoms with E-state index >= 15 is 0 Å². The summed E-state index contributed by atoms with van der Waals surface area (Å²) in [6.07, 6.45) is 2.51. The summed E-state index contributed by atoms with van der Waals surface area (Å²) in [5, 5.41) is 2.85. The van der Waals surface area contributed by atoms with Crippen LogP contribution in [0.3, 0.4) is 0 Å². The summed E-state index contributed by atoms with van der Waals surface area (Å²) >= 11 is 0. The molecular formula is C15H16N2O2. The van der Waals surface area contributed by atoms with E-state index in [1.54, 1.807) is 6.26 Å². The van der Waals surface area contributed by atoms with E-state index < -0.39 is 0 Å². The van der Waals surface area contributed by atoms with Gasteiger partial charge in [-0.25, -0.2) is 0 Å². The quantitative estimate of drug-likeness (QED) is 0.862. The van der Waals surface area contributed by atoms with E-state index in [9.17, 15) is 4.79 Å². The number of amides is 1. The molecular weight excluding hydrogens is 240 g/mol. The van der Waals surface area contributed by atoms with E-state index in [2.05, 4.69) is 5.32 Å². The average Bonchev–Trinajstić information content (AvgIpc) is 2.84. The highest BCUT2D eigenvalue weighted by Gasteiger charge is 2.20. The van der Waals surface area contributed by atoms with Gasteiger partial charge >= 0.3 is 0 Å².